The molecule has 0 saturated heterocycles. The average Bonchev–Trinajstić information content (AvgIpc) is 1.85. The molecular formula is C6H15NaO2P+. The van der Waals surface area contributed by atoms with E-state index in [-0.39, 0.29) is 31.0 Å². The van der Waals surface area contributed by atoms with Crippen molar-refractivity contribution in [1.82, 2.24) is 0 Å². The monoisotopic (exact) mass is 173 g/mol. The van der Waals surface area contributed by atoms with E-state index in [4.69, 9.17) is 4.52 Å². The second-order valence-electron chi connectivity index (χ2n) is 1.83. The maximum atomic E-state index is 10.7. The Hall–Kier alpha value is 1.06. The Labute approximate surface area is 87.4 Å². The molecule has 0 amide bonds. The molecule has 2 nitrogen and oxygen atoms in total. The van der Waals surface area contributed by atoms with Crippen LogP contribution in [0, 0.1) is 0 Å². The Morgan fingerprint density at radius 2 is 2.10 bits per heavy atom. The zero-order valence-electron chi connectivity index (χ0n) is 8.09. The topological polar surface area (TPSA) is 26.3 Å². The molecule has 0 N–H and O–H groups in total. The maximum Gasteiger partial charge on any atom is 1.00 e. The first-order chi connectivity index (χ1) is 4.31. The number of hydrogen-bond acceptors (Lipinski definition) is 2. The summed E-state index contributed by atoms with van der Waals surface area (Å²) >= 11 is 0. The van der Waals surface area contributed by atoms with Gasteiger partial charge in [0.2, 0.25) is 0 Å². The Balaban J connectivity index is -0.000000320. The van der Waals surface area contributed by atoms with E-state index in [0.717, 1.165) is 19.0 Å². The minimum atomic E-state index is -1.34. The van der Waals surface area contributed by atoms with Crippen LogP contribution in [0.25, 0.3) is 0 Å². The standard InChI is InChI=1S/C6H14O2P.Na.H/c1-3-5-6-9(7)8-4-2;;/h3-6H2,1-2H3;;/q2*+1;-1. The van der Waals surface area contributed by atoms with Gasteiger partial charge >= 0.3 is 37.6 Å². The van der Waals surface area contributed by atoms with Crippen molar-refractivity contribution in [1.29, 1.82) is 0 Å². The van der Waals surface area contributed by atoms with Crippen LogP contribution in [0.3, 0.4) is 0 Å². The molecule has 0 aliphatic carbocycles. The largest absolute Gasteiger partial charge is 1.00 e. The molecule has 0 aliphatic heterocycles. The van der Waals surface area contributed by atoms with Gasteiger partial charge in [-0.25, -0.2) is 0 Å². The minimum absolute atomic E-state index is 0. The Bertz CT molecular complexity index is 92.7. The van der Waals surface area contributed by atoms with Crippen molar-refractivity contribution in [3.8, 4) is 0 Å². The fourth-order valence-corrected chi connectivity index (χ4v) is 1.49. The average molecular weight is 173 g/mol. The zero-order chi connectivity index (χ0) is 7.11. The van der Waals surface area contributed by atoms with Crippen molar-refractivity contribution >= 4 is 8.03 Å². The van der Waals surface area contributed by atoms with E-state index in [1.54, 1.807) is 0 Å². The van der Waals surface area contributed by atoms with Gasteiger partial charge in [-0.05, 0) is 17.9 Å². The van der Waals surface area contributed by atoms with E-state index >= 15 is 0 Å². The number of hydrogen-bond donors (Lipinski definition) is 0. The SMILES string of the molecule is CCCC[P+](=O)OCC.[H-].[Na+]. The first kappa shape index (κ1) is 13.6. The summed E-state index contributed by atoms with van der Waals surface area (Å²) in [5.41, 5.74) is 0. The summed E-state index contributed by atoms with van der Waals surface area (Å²) in [4.78, 5) is 0. The van der Waals surface area contributed by atoms with E-state index in [1.807, 2.05) is 6.92 Å². The van der Waals surface area contributed by atoms with Crippen LogP contribution in [-0.2, 0) is 9.09 Å². The van der Waals surface area contributed by atoms with Gasteiger partial charge in [-0.2, -0.15) is 0 Å². The van der Waals surface area contributed by atoms with Crippen molar-refractivity contribution in [3.05, 3.63) is 0 Å². The molecule has 1 atom stereocenters. The summed E-state index contributed by atoms with van der Waals surface area (Å²) in [6.45, 7) is 4.51. The van der Waals surface area contributed by atoms with Crippen LogP contribution >= 0.6 is 8.03 Å². The number of rotatable bonds is 5. The van der Waals surface area contributed by atoms with Gasteiger partial charge in [-0.15, -0.1) is 4.52 Å². The Kier molecular flexibility index (Phi) is 13.7. The fraction of sp³-hybridized carbons (Fsp3) is 1.00. The molecule has 1 unspecified atom stereocenters. The van der Waals surface area contributed by atoms with Crippen molar-refractivity contribution in [2.45, 2.75) is 26.7 Å². The van der Waals surface area contributed by atoms with Crippen LogP contribution in [0.5, 0.6) is 0 Å². The van der Waals surface area contributed by atoms with Crippen molar-refractivity contribution in [3.63, 3.8) is 0 Å². The molecule has 10 heavy (non-hydrogen) atoms. The molecule has 0 aromatic heterocycles. The Morgan fingerprint density at radius 1 is 1.50 bits per heavy atom. The van der Waals surface area contributed by atoms with Gasteiger partial charge in [0.25, 0.3) is 0 Å². The van der Waals surface area contributed by atoms with Gasteiger partial charge in [0.15, 0.2) is 6.16 Å². The molecule has 0 bridgehead atoms. The van der Waals surface area contributed by atoms with Crippen LogP contribution in [0.15, 0.2) is 0 Å². The Morgan fingerprint density at radius 3 is 2.50 bits per heavy atom. The molecule has 0 saturated carbocycles. The molecule has 0 radical (unpaired) electrons. The minimum Gasteiger partial charge on any atom is -1.00 e. The van der Waals surface area contributed by atoms with E-state index in [9.17, 15) is 4.57 Å². The fourth-order valence-electron chi connectivity index (χ4n) is 0.496. The third-order valence-electron chi connectivity index (χ3n) is 0.967. The third-order valence-corrected chi connectivity index (χ3v) is 2.19. The molecule has 0 heterocycles. The molecule has 0 spiro atoms. The molecule has 56 valence electrons. The van der Waals surface area contributed by atoms with E-state index in [1.165, 1.54) is 0 Å². The predicted molar refractivity (Wildman–Crippen MR) is 40.1 cm³/mol. The van der Waals surface area contributed by atoms with Gasteiger partial charge in [0, 0.05) is 0 Å². The van der Waals surface area contributed by atoms with Crippen LogP contribution in [0.1, 0.15) is 28.1 Å². The smallest absolute Gasteiger partial charge is 1.00 e. The van der Waals surface area contributed by atoms with Crippen LogP contribution in [0.4, 0.5) is 0 Å². The first-order valence-corrected chi connectivity index (χ1v) is 4.75. The number of unbranched alkanes of at least 4 members (excludes halogenated alkanes) is 1. The molecular weight excluding hydrogens is 158 g/mol. The zero-order valence-corrected chi connectivity index (χ0v) is 9.99. The molecule has 0 fully saturated rings. The van der Waals surface area contributed by atoms with Gasteiger partial charge < -0.3 is 1.43 Å². The normalized spacial score (nSPS) is 10.4. The van der Waals surface area contributed by atoms with Crippen molar-refractivity contribution < 1.29 is 40.1 Å². The summed E-state index contributed by atoms with van der Waals surface area (Å²) in [5, 5.41) is 0. The van der Waals surface area contributed by atoms with E-state index in [2.05, 4.69) is 6.92 Å². The van der Waals surface area contributed by atoms with E-state index < -0.39 is 8.03 Å². The third kappa shape index (κ3) is 9.06. The molecule has 0 aromatic carbocycles. The van der Waals surface area contributed by atoms with Gasteiger partial charge in [0.1, 0.15) is 0 Å². The molecule has 0 aliphatic rings. The predicted octanol–water partition coefficient (Wildman–Crippen LogP) is -0.318. The summed E-state index contributed by atoms with van der Waals surface area (Å²) < 4.78 is 15.6. The van der Waals surface area contributed by atoms with Gasteiger partial charge in [0.05, 0.1) is 6.61 Å². The quantitative estimate of drug-likeness (QED) is 0.421. The van der Waals surface area contributed by atoms with Crippen LogP contribution in [-0.4, -0.2) is 12.8 Å². The summed E-state index contributed by atoms with van der Waals surface area (Å²) in [6, 6.07) is 0. The van der Waals surface area contributed by atoms with Gasteiger partial charge in [-0.1, -0.05) is 13.3 Å². The van der Waals surface area contributed by atoms with Crippen LogP contribution in [0.2, 0.25) is 0 Å². The second-order valence-corrected chi connectivity index (χ2v) is 3.20. The van der Waals surface area contributed by atoms with E-state index in [0.29, 0.717) is 6.61 Å². The van der Waals surface area contributed by atoms with Crippen LogP contribution < -0.4 is 29.6 Å². The first-order valence-electron chi connectivity index (χ1n) is 3.38. The summed E-state index contributed by atoms with van der Waals surface area (Å²) in [7, 11) is -1.34. The summed E-state index contributed by atoms with van der Waals surface area (Å²) in [6.07, 6.45) is 2.82. The molecule has 0 rings (SSSR count). The molecule has 0 aromatic rings. The second kappa shape index (κ2) is 10.1. The van der Waals surface area contributed by atoms with Crippen molar-refractivity contribution in [2.75, 3.05) is 12.8 Å². The van der Waals surface area contributed by atoms with Crippen molar-refractivity contribution in [2.24, 2.45) is 0 Å². The molecule has 4 heteroatoms. The van der Waals surface area contributed by atoms with Gasteiger partial charge in [-0.3, -0.25) is 0 Å². The summed E-state index contributed by atoms with van der Waals surface area (Å²) in [5.74, 6) is 0. The maximum absolute atomic E-state index is 10.7.